The zero-order valence-corrected chi connectivity index (χ0v) is 13.6. The van der Waals surface area contributed by atoms with Crippen LogP contribution in [0.25, 0.3) is 0 Å². The fourth-order valence-electron chi connectivity index (χ4n) is 0. The van der Waals surface area contributed by atoms with Crippen molar-refractivity contribution in [3.8, 4) is 0 Å². The molecule has 0 aliphatic rings. The zero-order chi connectivity index (χ0) is 14.3. The van der Waals surface area contributed by atoms with Gasteiger partial charge in [0.1, 0.15) is 33.5 Å². The van der Waals surface area contributed by atoms with E-state index in [1.807, 2.05) is 0 Å². The summed E-state index contributed by atoms with van der Waals surface area (Å²) >= 11 is 0. The van der Waals surface area contributed by atoms with E-state index in [0.717, 1.165) is 0 Å². The van der Waals surface area contributed by atoms with Crippen LogP contribution in [-0.4, -0.2) is 0 Å². The molecule has 12 nitrogen and oxygen atoms in total. The Morgan fingerprint density at radius 2 is 0.294 bits per heavy atom. The van der Waals surface area contributed by atoms with Crippen LogP contribution in [-0.2, 0) is 16.5 Å². The second-order valence-electron chi connectivity index (χ2n) is 1.79. The van der Waals surface area contributed by atoms with Gasteiger partial charge in [0.15, 0.2) is 0 Å². The molecule has 0 saturated heterocycles. The maximum atomic E-state index is 4.73. The SMILES string of the molecule is NP(N)N.NP(N)N.NP(N)N.NP(N)N.[Ni]. The van der Waals surface area contributed by atoms with Crippen LogP contribution in [0, 0.1) is 0 Å². The smallest absolute Gasteiger partial charge is 0.103 e. The molecule has 0 bridgehead atoms. The van der Waals surface area contributed by atoms with E-state index < -0.39 is 33.5 Å². The standard InChI is InChI=1S/4H6N3P.Ni/c4*1-4(2)3;/h4*1-3H2;. The van der Waals surface area contributed by atoms with Crippen LogP contribution >= 0.6 is 33.5 Å². The third-order valence-corrected chi connectivity index (χ3v) is 0. The van der Waals surface area contributed by atoms with E-state index in [0.29, 0.717) is 0 Å². The molecule has 0 rings (SSSR count). The van der Waals surface area contributed by atoms with Gasteiger partial charge in [-0.1, -0.05) is 0 Å². The second kappa shape index (κ2) is 26.3. The van der Waals surface area contributed by atoms with Crippen molar-refractivity contribution >= 4 is 33.5 Å². The van der Waals surface area contributed by atoms with E-state index in [1.54, 1.807) is 0 Å². The molecule has 114 valence electrons. The molecule has 17 heavy (non-hydrogen) atoms. The molecule has 17 heteroatoms. The molecular formula is H24N12NiP4. The van der Waals surface area contributed by atoms with Crippen molar-refractivity contribution < 1.29 is 16.5 Å². The first-order valence-electron chi connectivity index (χ1n) is 3.10. The third kappa shape index (κ3) is 1460. The van der Waals surface area contributed by atoms with Gasteiger partial charge in [0.25, 0.3) is 0 Å². The van der Waals surface area contributed by atoms with E-state index in [4.69, 9.17) is 66.1 Å². The molecule has 0 unspecified atom stereocenters. The van der Waals surface area contributed by atoms with Crippen LogP contribution in [0.2, 0.25) is 0 Å². The fraction of sp³-hybridized carbons (Fsp3) is 0. The van der Waals surface area contributed by atoms with Crippen molar-refractivity contribution in [1.82, 2.24) is 0 Å². The summed E-state index contributed by atoms with van der Waals surface area (Å²) < 4.78 is 0. The van der Waals surface area contributed by atoms with Crippen molar-refractivity contribution in [2.45, 2.75) is 0 Å². The van der Waals surface area contributed by atoms with Crippen LogP contribution in [0.1, 0.15) is 0 Å². The van der Waals surface area contributed by atoms with E-state index in [2.05, 4.69) is 0 Å². The largest absolute Gasteiger partial charge is 0.285 e. The Morgan fingerprint density at radius 1 is 0.294 bits per heavy atom. The van der Waals surface area contributed by atoms with Gasteiger partial charge < -0.3 is 0 Å². The first-order valence-corrected chi connectivity index (χ1v) is 9.30. The molecule has 0 aliphatic carbocycles. The first kappa shape index (κ1) is 31.2. The first-order chi connectivity index (χ1) is 6.93. The number of rotatable bonds is 0. The minimum absolute atomic E-state index is 0. The van der Waals surface area contributed by atoms with Gasteiger partial charge in [0.05, 0.1) is 0 Å². The molecule has 0 aromatic heterocycles. The van der Waals surface area contributed by atoms with Gasteiger partial charge in [-0.3, -0.25) is 66.1 Å². The molecule has 0 aromatic rings. The summed E-state index contributed by atoms with van der Waals surface area (Å²) in [4.78, 5) is 0. The van der Waals surface area contributed by atoms with Crippen LogP contribution in [0.3, 0.4) is 0 Å². The Hall–Kier alpha value is 1.73. The number of hydrogen-bond acceptors (Lipinski definition) is 12. The summed E-state index contributed by atoms with van der Waals surface area (Å²) in [5.41, 5.74) is 56.8. The average molecular weight is 375 g/mol. The van der Waals surface area contributed by atoms with Crippen LogP contribution in [0.5, 0.6) is 0 Å². The van der Waals surface area contributed by atoms with Gasteiger partial charge in [-0.25, -0.2) is 0 Å². The number of hydrogen-bond donors (Lipinski definition) is 12. The van der Waals surface area contributed by atoms with Crippen molar-refractivity contribution in [2.75, 3.05) is 0 Å². The molecule has 0 radical (unpaired) electrons. The molecule has 0 spiro atoms. The Bertz CT molecular complexity index is 61.5. The zero-order valence-electron chi connectivity index (χ0n) is 9.03. The Balaban J connectivity index is -0.0000000369. The minimum atomic E-state index is -1.12. The predicted octanol–water partition coefficient (Wildman–Crippen LogP) is -3.64. The summed E-state index contributed by atoms with van der Waals surface area (Å²) in [5, 5.41) is 0. The quantitative estimate of drug-likeness (QED) is 0.144. The van der Waals surface area contributed by atoms with Gasteiger partial charge >= 0.3 is 0 Å². The topological polar surface area (TPSA) is 312 Å². The summed E-state index contributed by atoms with van der Waals surface area (Å²) in [5.74, 6) is 0. The molecular weight excluding hydrogens is 351 g/mol. The maximum absolute atomic E-state index is 4.73. The van der Waals surface area contributed by atoms with E-state index in [-0.39, 0.29) is 16.5 Å². The van der Waals surface area contributed by atoms with Crippen molar-refractivity contribution in [1.29, 1.82) is 0 Å². The summed E-state index contributed by atoms with van der Waals surface area (Å²) in [7, 11) is -4.48. The molecule has 0 aliphatic heterocycles. The van der Waals surface area contributed by atoms with E-state index in [1.165, 1.54) is 0 Å². The molecule has 0 amide bonds. The summed E-state index contributed by atoms with van der Waals surface area (Å²) in [6.45, 7) is 0. The van der Waals surface area contributed by atoms with Crippen molar-refractivity contribution in [2.24, 2.45) is 66.1 Å². The van der Waals surface area contributed by atoms with E-state index in [9.17, 15) is 0 Å². The second-order valence-corrected chi connectivity index (χ2v) is 5.37. The normalized spacial score (nSPS) is 8.47. The predicted molar refractivity (Wildman–Crippen MR) is 77.9 cm³/mol. The summed E-state index contributed by atoms with van der Waals surface area (Å²) in [6, 6.07) is 0. The van der Waals surface area contributed by atoms with Crippen molar-refractivity contribution in [3.63, 3.8) is 0 Å². The van der Waals surface area contributed by atoms with Gasteiger partial charge in [0.2, 0.25) is 0 Å². The van der Waals surface area contributed by atoms with Crippen LogP contribution < -0.4 is 66.1 Å². The van der Waals surface area contributed by atoms with Gasteiger partial charge in [-0.05, 0) is 0 Å². The van der Waals surface area contributed by atoms with Gasteiger partial charge in [0, 0.05) is 16.5 Å². The average Bonchev–Trinajstić information content (AvgIpc) is 1.76. The monoisotopic (exact) mass is 374 g/mol. The maximum Gasteiger partial charge on any atom is 0.103 e. The van der Waals surface area contributed by atoms with E-state index >= 15 is 0 Å². The van der Waals surface area contributed by atoms with Gasteiger partial charge in [-0.2, -0.15) is 0 Å². The molecule has 0 aromatic carbocycles. The molecule has 0 fully saturated rings. The minimum Gasteiger partial charge on any atom is -0.285 e. The fourth-order valence-corrected chi connectivity index (χ4v) is 0. The molecule has 24 N–H and O–H groups in total. The Morgan fingerprint density at radius 3 is 0.294 bits per heavy atom. The van der Waals surface area contributed by atoms with Crippen LogP contribution in [0.15, 0.2) is 0 Å². The van der Waals surface area contributed by atoms with Gasteiger partial charge in [-0.15, -0.1) is 0 Å². The summed E-state index contributed by atoms with van der Waals surface area (Å²) in [6.07, 6.45) is 0. The van der Waals surface area contributed by atoms with Crippen molar-refractivity contribution in [3.05, 3.63) is 0 Å². The third-order valence-electron chi connectivity index (χ3n) is 0. The molecule has 0 saturated carbocycles. The Labute approximate surface area is 116 Å². The molecule has 0 heterocycles. The Kier molecular flexibility index (Phi) is 48.4. The molecule has 0 atom stereocenters. The van der Waals surface area contributed by atoms with Crippen LogP contribution in [0.4, 0.5) is 0 Å². The number of nitrogens with two attached hydrogens (primary N) is 12.